The van der Waals surface area contributed by atoms with Crippen LogP contribution in [0.5, 0.6) is 0 Å². The van der Waals surface area contributed by atoms with Gasteiger partial charge in [-0.3, -0.25) is 4.79 Å². The van der Waals surface area contributed by atoms with Crippen molar-refractivity contribution in [2.75, 3.05) is 0 Å². The maximum atomic E-state index is 11.4. The average molecular weight is 184 g/mol. The molecule has 4 heteroatoms. The van der Waals surface area contributed by atoms with Crippen LogP contribution in [0, 0.1) is 6.92 Å². The molecule has 0 unspecified atom stereocenters. The van der Waals surface area contributed by atoms with Crippen LogP contribution < -0.4 is 0 Å². The number of carbonyl (C=O) groups is 1. The highest BCUT2D eigenvalue weighted by Crippen LogP contribution is 2.13. The summed E-state index contributed by atoms with van der Waals surface area (Å²) in [6, 6.07) is 0. The predicted molar refractivity (Wildman–Crippen MR) is 48.5 cm³/mol. The van der Waals surface area contributed by atoms with Gasteiger partial charge < -0.3 is 0 Å². The van der Waals surface area contributed by atoms with Gasteiger partial charge in [0.2, 0.25) is 0 Å². The van der Waals surface area contributed by atoms with Crippen molar-refractivity contribution in [3.05, 3.63) is 10.6 Å². The first kappa shape index (κ1) is 9.32. The number of ketones is 1. The molecule has 1 rings (SSSR count). The maximum Gasteiger partial charge on any atom is 0.176 e. The molecule has 0 spiro atoms. The highest BCUT2D eigenvalue weighted by molar-refractivity contribution is 7.08. The monoisotopic (exact) mass is 184 g/mol. The topological polar surface area (TPSA) is 42.9 Å². The SMILES string of the molecule is CCCCC(=O)c1snnc1C. The largest absolute Gasteiger partial charge is 0.293 e. The molecule has 0 N–H and O–H groups in total. The summed E-state index contributed by atoms with van der Waals surface area (Å²) < 4.78 is 3.72. The number of unbranched alkanes of at least 4 members (excludes halogenated alkanes) is 1. The second kappa shape index (κ2) is 4.30. The van der Waals surface area contributed by atoms with Gasteiger partial charge in [-0.2, -0.15) is 0 Å². The number of carbonyl (C=O) groups excluding carboxylic acids is 1. The van der Waals surface area contributed by atoms with Crippen LogP contribution in [-0.4, -0.2) is 15.4 Å². The van der Waals surface area contributed by atoms with Gasteiger partial charge in [-0.25, -0.2) is 0 Å². The molecule has 0 aromatic carbocycles. The lowest BCUT2D eigenvalue weighted by Crippen LogP contribution is -1.97. The van der Waals surface area contributed by atoms with E-state index in [1.165, 1.54) is 11.5 Å². The Balaban J connectivity index is 2.59. The van der Waals surface area contributed by atoms with E-state index in [-0.39, 0.29) is 5.78 Å². The van der Waals surface area contributed by atoms with Crippen LogP contribution in [-0.2, 0) is 0 Å². The third kappa shape index (κ3) is 2.11. The van der Waals surface area contributed by atoms with Crippen molar-refractivity contribution in [2.45, 2.75) is 33.1 Å². The normalized spacial score (nSPS) is 10.2. The van der Waals surface area contributed by atoms with E-state index in [0.29, 0.717) is 6.42 Å². The minimum absolute atomic E-state index is 0.185. The van der Waals surface area contributed by atoms with Gasteiger partial charge in [0, 0.05) is 6.42 Å². The molecule has 66 valence electrons. The summed E-state index contributed by atoms with van der Waals surface area (Å²) in [5.41, 5.74) is 0.765. The van der Waals surface area contributed by atoms with E-state index >= 15 is 0 Å². The molecule has 12 heavy (non-hydrogen) atoms. The van der Waals surface area contributed by atoms with Gasteiger partial charge in [0.15, 0.2) is 5.78 Å². The summed E-state index contributed by atoms with van der Waals surface area (Å²) in [6.45, 7) is 3.90. The molecule has 0 aliphatic rings. The van der Waals surface area contributed by atoms with E-state index in [9.17, 15) is 4.79 Å². The van der Waals surface area contributed by atoms with Gasteiger partial charge >= 0.3 is 0 Å². The predicted octanol–water partition coefficient (Wildman–Crippen LogP) is 2.22. The van der Waals surface area contributed by atoms with E-state index in [0.717, 1.165) is 23.4 Å². The Morgan fingerprint density at radius 1 is 1.58 bits per heavy atom. The smallest absolute Gasteiger partial charge is 0.176 e. The zero-order valence-corrected chi connectivity index (χ0v) is 8.15. The van der Waals surface area contributed by atoms with Crippen molar-refractivity contribution in [1.29, 1.82) is 0 Å². The molecule has 0 aliphatic heterocycles. The summed E-state index contributed by atoms with van der Waals surface area (Å²) in [5, 5.41) is 3.79. The molecule has 0 bridgehead atoms. The lowest BCUT2D eigenvalue weighted by atomic mass is 10.1. The van der Waals surface area contributed by atoms with Crippen LogP contribution in [0.2, 0.25) is 0 Å². The van der Waals surface area contributed by atoms with E-state index in [2.05, 4.69) is 16.5 Å². The fourth-order valence-corrected chi connectivity index (χ4v) is 1.56. The molecular formula is C8H12N2OS. The highest BCUT2D eigenvalue weighted by atomic mass is 32.1. The molecule has 0 radical (unpaired) electrons. The Labute approximate surface area is 76.0 Å². The van der Waals surface area contributed by atoms with Crippen LogP contribution in [0.1, 0.15) is 41.6 Å². The third-order valence-corrected chi connectivity index (χ3v) is 2.53. The first-order valence-electron chi connectivity index (χ1n) is 4.08. The number of rotatable bonds is 4. The third-order valence-electron chi connectivity index (χ3n) is 1.66. The molecule has 0 aliphatic carbocycles. The van der Waals surface area contributed by atoms with Crippen LogP contribution in [0.25, 0.3) is 0 Å². The van der Waals surface area contributed by atoms with E-state index in [1.54, 1.807) is 0 Å². The van der Waals surface area contributed by atoms with Gasteiger partial charge in [0.1, 0.15) is 4.88 Å². The summed E-state index contributed by atoms with van der Waals surface area (Å²) in [5.74, 6) is 0.185. The standard InChI is InChI=1S/C8H12N2OS/c1-3-4-5-7(11)8-6(2)9-10-12-8/h3-5H2,1-2H3. The zero-order chi connectivity index (χ0) is 8.97. The average Bonchev–Trinajstić information content (AvgIpc) is 2.47. The molecule has 1 heterocycles. The minimum atomic E-state index is 0.185. The first-order valence-corrected chi connectivity index (χ1v) is 4.85. The lowest BCUT2D eigenvalue weighted by molar-refractivity contribution is 0.0983. The van der Waals surface area contributed by atoms with Crippen LogP contribution in [0.15, 0.2) is 0 Å². The second-order valence-electron chi connectivity index (χ2n) is 2.71. The zero-order valence-electron chi connectivity index (χ0n) is 7.33. The van der Waals surface area contributed by atoms with Crippen molar-refractivity contribution >= 4 is 17.3 Å². The molecule has 0 saturated carbocycles. The number of nitrogens with zero attached hydrogens (tertiary/aromatic N) is 2. The summed E-state index contributed by atoms with van der Waals surface area (Å²) in [4.78, 5) is 12.1. The number of Topliss-reactive ketones (excluding diaryl/α,β-unsaturated/α-hetero) is 1. The summed E-state index contributed by atoms with van der Waals surface area (Å²) >= 11 is 1.20. The van der Waals surface area contributed by atoms with Crippen LogP contribution >= 0.6 is 11.5 Å². The number of aryl methyl sites for hydroxylation is 1. The highest BCUT2D eigenvalue weighted by Gasteiger charge is 2.11. The van der Waals surface area contributed by atoms with Crippen molar-refractivity contribution in [2.24, 2.45) is 0 Å². The van der Waals surface area contributed by atoms with E-state index in [1.807, 2.05) is 6.92 Å². The van der Waals surface area contributed by atoms with E-state index in [4.69, 9.17) is 0 Å². The molecule has 0 fully saturated rings. The van der Waals surface area contributed by atoms with Gasteiger partial charge in [-0.05, 0) is 24.9 Å². The molecule has 1 aromatic heterocycles. The first-order chi connectivity index (χ1) is 5.75. The fraction of sp³-hybridized carbons (Fsp3) is 0.625. The molecule has 1 aromatic rings. The summed E-state index contributed by atoms with van der Waals surface area (Å²) in [7, 11) is 0. The maximum absolute atomic E-state index is 11.4. The fourth-order valence-electron chi connectivity index (χ4n) is 0.937. The number of hydrogen-bond donors (Lipinski definition) is 0. The lowest BCUT2D eigenvalue weighted by Gasteiger charge is -1.94. The van der Waals surface area contributed by atoms with Gasteiger partial charge in [-0.1, -0.05) is 17.8 Å². The molecule has 3 nitrogen and oxygen atoms in total. The number of hydrogen-bond acceptors (Lipinski definition) is 4. The summed E-state index contributed by atoms with van der Waals surface area (Å²) in [6.07, 6.45) is 2.63. The molecular weight excluding hydrogens is 172 g/mol. The second-order valence-corrected chi connectivity index (χ2v) is 3.47. The Bertz CT molecular complexity index is 270. The molecule has 0 atom stereocenters. The molecule has 0 amide bonds. The van der Waals surface area contributed by atoms with Crippen LogP contribution in [0.4, 0.5) is 0 Å². The van der Waals surface area contributed by atoms with Crippen molar-refractivity contribution in [3.8, 4) is 0 Å². The van der Waals surface area contributed by atoms with Crippen LogP contribution in [0.3, 0.4) is 0 Å². The van der Waals surface area contributed by atoms with Gasteiger partial charge in [0.05, 0.1) is 5.69 Å². The van der Waals surface area contributed by atoms with Crippen molar-refractivity contribution in [3.63, 3.8) is 0 Å². The Morgan fingerprint density at radius 3 is 2.83 bits per heavy atom. The quantitative estimate of drug-likeness (QED) is 0.674. The minimum Gasteiger partial charge on any atom is -0.293 e. The Kier molecular flexibility index (Phi) is 3.34. The van der Waals surface area contributed by atoms with E-state index < -0.39 is 0 Å². The van der Waals surface area contributed by atoms with Crippen molar-refractivity contribution in [1.82, 2.24) is 9.59 Å². The Morgan fingerprint density at radius 2 is 2.33 bits per heavy atom. The van der Waals surface area contributed by atoms with Gasteiger partial charge in [-0.15, -0.1) is 5.10 Å². The molecule has 0 saturated heterocycles. The Hall–Kier alpha value is -0.770. The van der Waals surface area contributed by atoms with Gasteiger partial charge in [0.25, 0.3) is 0 Å². The number of aromatic nitrogens is 2. The van der Waals surface area contributed by atoms with Crippen molar-refractivity contribution < 1.29 is 4.79 Å².